The van der Waals surface area contributed by atoms with E-state index >= 15 is 0 Å². The van der Waals surface area contributed by atoms with E-state index in [0.29, 0.717) is 6.54 Å². The standard InChI is InChI=1S/C11H19N3O/c1-3-14(7-5-12)9-10-4-6-13-8-11(10)15-2/h4,6,8H,3,5,7,9,12H2,1-2H3. The number of methoxy groups -OCH3 is 1. The fraction of sp³-hybridized carbons (Fsp3) is 0.545. The molecular weight excluding hydrogens is 190 g/mol. The van der Waals surface area contributed by atoms with Crippen molar-refractivity contribution in [3.8, 4) is 5.75 Å². The van der Waals surface area contributed by atoms with Crippen LogP contribution in [0.5, 0.6) is 5.75 Å². The summed E-state index contributed by atoms with van der Waals surface area (Å²) in [5, 5.41) is 0. The van der Waals surface area contributed by atoms with Gasteiger partial charge in [-0.25, -0.2) is 0 Å². The number of pyridine rings is 1. The van der Waals surface area contributed by atoms with E-state index in [1.54, 1.807) is 19.5 Å². The molecule has 0 amide bonds. The topological polar surface area (TPSA) is 51.4 Å². The van der Waals surface area contributed by atoms with Gasteiger partial charge in [-0.1, -0.05) is 6.92 Å². The van der Waals surface area contributed by atoms with Crippen molar-refractivity contribution >= 4 is 0 Å². The van der Waals surface area contributed by atoms with E-state index in [4.69, 9.17) is 10.5 Å². The van der Waals surface area contributed by atoms with Gasteiger partial charge in [-0.3, -0.25) is 9.88 Å². The summed E-state index contributed by atoms with van der Waals surface area (Å²) in [6.07, 6.45) is 3.53. The Labute approximate surface area is 91.1 Å². The van der Waals surface area contributed by atoms with E-state index in [1.165, 1.54) is 0 Å². The average molecular weight is 209 g/mol. The van der Waals surface area contributed by atoms with Gasteiger partial charge < -0.3 is 10.5 Å². The van der Waals surface area contributed by atoms with Gasteiger partial charge in [0.15, 0.2) is 0 Å². The second-order valence-corrected chi connectivity index (χ2v) is 3.34. The zero-order chi connectivity index (χ0) is 11.1. The lowest BCUT2D eigenvalue weighted by Gasteiger charge is -2.20. The zero-order valence-corrected chi connectivity index (χ0v) is 9.44. The number of hydrogen-bond acceptors (Lipinski definition) is 4. The monoisotopic (exact) mass is 209 g/mol. The molecular formula is C11H19N3O. The molecule has 0 aliphatic heterocycles. The molecule has 0 unspecified atom stereocenters. The van der Waals surface area contributed by atoms with Gasteiger partial charge in [0.05, 0.1) is 13.3 Å². The van der Waals surface area contributed by atoms with Gasteiger partial charge in [-0.15, -0.1) is 0 Å². The van der Waals surface area contributed by atoms with Crippen molar-refractivity contribution in [2.75, 3.05) is 26.7 Å². The van der Waals surface area contributed by atoms with E-state index in [9.17, 15) is 0 Å². The second-order valence-electron chi connectivity index (χ2n) is 3.34. The lowest BCUT2D eigenvalue weighted by molar-refractivity contribution is 0.282. The summed E-state index contributed by atoms with van der Waals surface area (Å²) in [6, 6.07) is 1.98. The molecule has 2 N–H and O–H groups in total. The van der Waals surface area contributed by atoms with Crippen LogP contribution >= 0.6 is 0 Å². The van der Waals surface area contributed by atoms with Crippen molar-refractivity contribution < 1.29 is 4.74 Å². The normalized spacial score (nSPS) is 10.7. The molecule has 0 bridgehead atoms. The summed E-state index contributed by atoms with van der Waals surface area (Å²) in [5.74, 6) is 0.841. The first kappa shape index (κ1) is 11.9. The van der Waals surface area contributed by atoms with Crippen LogP contribution in [0.2, 0.25) is 0 Å². The van der Waals surface area contributed by atoms with Crippen molar-refractivity contribution in [1.29, 1.82) is 0 Å². The summed E-state index contributed by atoms with van der Waals surface area (Å²) in [6.45, 7) is 5.56. The minimum absolute atomic E-state index is 0.682. The van der Waals surface area contributed by atoms with Crippen LogP contribution in [0.25, 0.3) is 0 Å². The molecule has 1 aromatic heterocycles. The molecule has 0 aromatic carbocycles. The van der Waals surface area contributed by atoms with Crippen LogP contribution in [-0.4, -0.2) is 36.6 Å². The molecule has 0 fully saturated rings. The van der Waals surface area contributed by atoms with Crippen molar-refractivity contribution in [1.82, 2.24) is 9.88 Å². The molecule has 1 rings (SSSR count). The molecule has 1 aromatic rings. The smallest absolute Gasteiger partial charge is 0.141 e. The van der Waals surface area contributed by atoms with Gasteiger partial charge in [0.2, 0.25) is 0 Å². The van der Waals surface area contributed by atoms with E-state index in [1.807, 2.05) is 6.07 Å². The molecule has 0 aliphatic carbocycles. The number of hydrogen-bond donors (Lipinski definition) is 1. The maximum Gasteiger partial charge on any atom is 0.141 e. The largest absolute Gasteiger partial charge is 0.495 e. The molecule has 0 saturated carbocycles. The first-order valence-corrected chi connectivity index (χ1v) is 5.21. The van der Waals surface area contributed by atoms with Gasteiger partial charge in [0.25, 0.3) is 0 Å². The Morgan fingerprint density at radius 3 is 2.93 bits per heavy atom. The van der Waals surface area contributed by atoms with Crippen LogP contribution in [0.4, 0.5) is 0 Å². The van der Waals surface area contributed by atoms with Crippen molar-refractivity contribution in [3.05, 3.63) is 24.0 Å². The third-order valence-corrected chi connectivity index (χ3v) is 2.38. The fourth-order valence-corrected chi connectivity index (χ4v) is 1.50. The highest BCUT2D eigenvalue weighted by atomic mass is 16.5. The lowest BCUT2D eigenvalue weighted by Crippen LogP contribution is -2.29. The van der Waals surface area contributed by atoms with E-state index in [-0.39, 0.29) is 0 Å². The Balaban J connectivity index is 2.69. The molecule has 15 heavy (non-hydrogen) atoms. The third kappa shape index (κ3) is 3.49. The maximum atomic E-state index is 5.54. The molecule has 0 radical (unpaired) electrons. The Morgan fingerprint density at radius 1 is 1.53 bits per heavy atom. The van der Waals surface area contributed by atoms with Gasteiger partial charge in [-0.05, 0) is 12.6 Å². The summed E-state index contributed by atoms with van der Waals surface area (Å²) in [5.41, 5.74) is 6.70. The summed E-state index contributed by atoms with van der Waals surface area (Å²) < 4.78 is 5.25. The average Bonchev–Trinajstić information content (AvgIpc) is 2.29. The van der Waals surface area contributed by atoms with E-state index in [0.717, 1.165) is 30.9 Å². The summed E-state index contributed by atoms with van der Waals surface area (Å²) >= 11 is 0. The maximum absolute atomic E-state index is 5.54. The Bertz CT molecular complexity index is 291. The quantitative estimate of drug-likeness (QED) is 0.755. The van der Waals surface area contributed by atoms with Crippen LogP contribution in [0.1, 0.15) is 12.5 Å². The van der Waals surface area contributed by atoms with Gasteiger partial charge in [0, 0.05) is 31.4 Å². The Hall–Kier alpha value is -1.13. The molecule has 1 heterocycles. The predicted octanol–water partition coefficient (Wildman–Crippen LogP) is 0.871. The lowest BCUT2D eigenvalue weighted by atomic mass is 10.2. The van der Waals surface area contributed by atoms with Crippen LogP contribution in [-0.2, 0) is 6.54 Å². The van der Waals surface area contributed by atoms with Gasteiger partial charge in [-0.2, -0.15) is 0 Å². The predicted molar refractivity (Wildman–Crippen MR) is 60.8 cm³/mol. The van der Waals surface area contributed by atoms with Gasteiger partial charge >= 0.3 is 0 Å². The molecule has 4 nitrogen and oxygen atoms in total. The Morgan fingerprint density at radius 2 is 2.33 bits per heavy atom. The van der Waals surface area contributed by atoms with Crippen LogP contribution in [0.3, 0.4) is 0 Å². The molecule has 0 atom stereocenters. The number of nitrogens with zero attached hydrogens (tertiary/aromatic N) is 2. The molecule has 84 valence electrons. The van der Waals surface area contributed by atoms with E-state index in [2.05, 4.69) is 16.8 Å². The third-order valence-electron chi connectivity index (χ3n) is 2.38. The molecule has 0 saturated heterocycles. The van der Waals surface area contributed by atoms with E-state index < -0.39 is 0 Å². The highest BCUT2D eigenvalue weighted by Crippen LogP contribution is 2.17. The number of ether oxygens (including phenoxy) is 1. The first-order chi connectivity index (χ1) is 7.31. The number of nitrogens with two attached hydrogens (primary N) is 1. The van der Waals surface area contributed by atoms with Crippen LogP contribution in [0.15, 0.2) is 18.5 Å². The highest BCUT2D eigenvalue weighted by molar-refractivity contribution is 5.29. The van der Waals surface area contributed by atoms with Crippen molar-refractivity contribution in [3.63, 3.8) is 0 Å². The summed E-state index contributed by atoms with van der Waals surface area (Å²) in [7, 11) is 1.67. The number of likely N-dealkylation sites (N-methyl/N-ethyl adjacent to an activating group) is 1. The first-order valence-electron chi connectivity index (χ1n) is 5.21. The zero-order valence-electron chi connectivity index (χ0n) is 9.44. The molecule has 0 spiro atoms. The summed E-state index contributed by atoms with van der Waals surface area (Å²) in [4.78, 5) is 6.30. The SMILES string of the molecule is CCN(CCN)Cc1ccncc1OC. The van der Waals surface area contributed by atoms with Crippen LogP contribution < -0.4 is 10.5 Å². The van der Waals surface area contributed by atoms with Crippen LogP contribution in [0, 0.1) is 0 Å². The minimum atomic E-state index is 0.682. The molecule has 0 aliphatic rings. The second kappa shape index (κ2) is 6.37. The number of rotatable bonds is 6. The Kier molecular flexibility index (Phi) is 5.07. The number of aromatic nitrogens is 1. The van der Waals surface area contributed by atoms with Gasteiger partial charge in [0.1, 0.15) is 5.75 Å². The van der Waals surface area contributed by atoms with Crippen molar-refractivity contribution in [2.24, 2.45) is 5.73 Å². The minimum Gasteiger partial charge on any atom is -0.495 e. The fourth-order valence-electron chi connectivity index (χ4n) is 1.50. The molecule has 4 heteroatoms. The highest BCUT2D eigenvalue weighted by Gasteiger charge is 2.07. The van der Waals surface area contributed by atoms with Crippen molar-refractivity contribution in [2.45, 2.75) is 13.5 Å².